The first-order valence-electron chi connectivity index (χ1n) is 10.2. The summed E-state index contributed by atoms with van der Waals surface area (Å²) < 4.78 is 13.7. The SMILES string of the molecule is CCOC(=O)c1cnc2c(c(C)nn2C)c1N1CC(C)(C)OC2(CCCC2)C1. The van der Waals surface area contributed by atoms with Crippen LogP contribution in [-0.2, 0) is 16.5 Å². The summed E-state index contributed by atoms with van der Waals surface area (Å²) in [6, 6.07) is 0. The Labute approximate surface area is 166 Å². The van der Waals surface area contributed by atoms with Gasteiger partial charge in [0.1, 0.15) is 5.56 Å². The van der Waals surface area contributed by atoms with Crippen molar-refractivity contribution in [3.8, 4) is 0 Å². The Morgan fingerprint density at radius 3 is 2.68 bits per heavy atom. The normalized spacial score (nSPS) is 20.8. The van der Waals surface area contributed by atoms with Gasteiger partial charge in [-0.2, -0.15) is 5.10 Å². The van der Waals surface area contributed by atoms with Gasteiger partial charge < -0.3 is 14.4 Å². The number of ether oxygens (including phenoxy) is 2. The van der Waals surface area contributed by atoms with Crippen LogP contribution >= 0.6 is 0 Å². The summed E-state index contributed by atoms with van der Waals surface area (Å²) >= 11 is 0. The van der Waals surface area contributed by atoms with E-state index in [1.54, 1.807) is 10.9 Å². The van der Waals surface area contributed by atoms with Crippen molar-refractivity contribution in [2.45, 2.75) is 64.6 Å². The fraction of sp³-hybridized carbons (Fsp3) is 0.667. The summed E-state index contributed by atoms with van der Waals surface area (Å²) in [5.74, 6) is -0.333. The first-order valence-corrected chi connectivity index (χ1v) is 10.2. The molecule has 2 fully saturated rings. The lowest BCUT2D eigenvalue weighted by Gasteiger charge is -2.50. The van der Waals surface area contributed by atoms with E-state index in [9.17, 15) is 4.79 Å². The predicted molar refractivity (Wildman–Crippen MR) is 108 cm³/mol. The second-order valence-corrected chi connectivity index (χ2v) is 8.76. The number of anilines is 1. The number of hydrogen-bond acceptors (Lipinski definition) is 6. The standard InChI is InChI=1S/C21H30N4O3/c1-6-27-19(26)15-11-22-18-16(14(2)23-24(18)5)17(15)25-12-20(3,4)28-21(13-25)9-7-8-10-21/h11H,6-10,12-13H2,1-5H3. The van der Waals surface area contributed by atoms with E-state index in [4.69, 9.17) is 9.47 Å². The summed E-state index contributed by atoms with van der Waals surface area (Å²) in [5, 5.41) is 5.49. The molecule has 4 rings (SSSR count). The van der Waals surface area contributed by atoms with Gasteiger partial charge in [0, 0.05) is 26.3 Å². The summed E-state index contributed by atoms with van der Waals surface area (Å²) in [5.41, 5.74) is 2.59. The number of hydrogen-bond donors (Lipinski definition) is 0. The number of esters is 1. The van der Waals surface area contributed by atoms with Crippen LogP contribution in [0, 0.1) is 6.92 Å². The number of rotatable bonds is 3. The third kappa shape index (κ3) is 3.15. The van der Waals surface area contributed by atoms with E-state index >= 15 is 0 Å². The minimum absolute atomic E-state index is 0.153. The molecule has 7 heteroatoms. The zero-order chi connectivity index (χ0) is 20.1. The Morgan fingerprint density at radius 2 is 2.00 bits per heavy atom. The molecule has 0 N–H and O–H groups in total. The topological polar surface area (TPSA) is 69.5 Å². The van der Waals surface area contributed by atoms with E-state index in [1.165, 1.54) is 12.8 Å². The van der Waals surface area contributed by atoms with E-state index in [0.717, 1.165) is 41.8 Å². The average molecular weight is 386 g/mol. The van der Waals surface area contributed by atoms with Crippen molar-refractivity contribution in [2.24, 2.45) is 7.05 Å². The third-order valence-electron chi connectivity index (χ3n) is 5.87. The molecule has 1 saturated carbocycles. The number of carbonyl (C=O) groups is 1. The molecule has 2 aromatic rings. The van der Waals surface area contributed by atoms with Crippen LogP contribution in [0.3, 0.4) is 0 Å². The molecule has 0 aromatic carbocycles. The van der Waals surface area contributed by atoms with Crippen LogP contribution in [0.25, 0.3) is 11.0 Å². The lowest BCUT2D eigenvalue weighted by molar-refractivity contribution is -0.148. The Bertz CT molecular complexity index is 912. The molecule has 1 aliphatic carbocycles. The second kappa shape index (κ2) is 6.72. The molecule has 0 atom stereocenters. The monoisotopic (exact) mass is 386 g/mol. The molecule has 2 aliphatic rings. The highest BCUT2D eigenvalue weighted by molar-refractivity contribution is 6.05. The van der Waals surface area contributed by atoms with Gasteiger partial charge in [-0.1, -0.05) is 12.8 Å². The molecule has 0 bridgehead atoms. The molecule has 1 saturated heterocycles. The van der Waals surface area contributed by atoms with Crippen LogP contribution in [0.4, 0.5) is 5.69 Å². The quantitative estimate of drug-likeness (QED) is 0.753. The van der Waals surface area contributed by atoms with Crippen molar-refractivity contribution in [3.63, 3.8) is 0 Å². The fourth-order valence-corrected chi connectivity index (χ4v) is 5.03. The molecular weight excluding hydrogens is 356 g/mol. The van der Waals surface area contributed by atoms with E-state index in [-0.39, 0.29) is 17.2 Å². The largest absolute Gasteiger partial charge is 0.462 e. The minimum atomic E-state index is -0.333. The van der Waals surface area contributed by atoms with Crippen molar-refractivity contribution < 1.29 is 14.3 Å². The molecule has 152 valence electrons. The number of morpholine rings is 1. The number of pyridine rings is 1. The predicted octanol–water partition coefficient (Wildman–Crippen LogP) is 3.38. The highest BCUT2D eigenvalue weighted by Gasteiger charge is 2.47. The second-order valence-electron chi connectivity index (χ2n) is 8.76. The third-order valence-corrected chi connectivity index (χ3v) is 5.87. The molecule has 28 heavy (non-hydrogen) atoms. The fourth-order valence-electron chi connectivity index (χ4n) is 5.03. The Morgan fingerprint density at radius 1 is 1.29 bits per heavy atom. The van der Waals surface area contributed by atoms with Gasteiger partial charge in [-0.05, 0) is 40.5 Å². The molecule has 0 amide bonds. The van der Waals surface area contributed by atoms with Crippen LogP contribution in [0.2, 0.25) is 0 Å². The van der Waals surface area contributed by atoms with Crippen LogP contribution in [-0.4, -0.2) is 51.6 Å². The number of fused-ring (bicyclic) bond motifs is 1. The number of nitrogens with zero attached hydrogens (tertiary/aromatic N) is 4. The number of carbonyl (C=O) groups excluding carboxylic acids is 1. The van der Waals surface area contributed by atoms with E-state index in [2.05, 4.69) is 28.8 Å². The summed E-state index contributed by atoms with van der Waals surface area (Å²) in [4.78, 5) is 19.6. The van der Waals surface area contributed by atoms with Gasteiger partial charge in [0.15, 0.2) is 5.65 Å². The van der Waals surface area contributed by atoms with Crippen molar-refractivity contribution in [2.75, 3.05) is 24.6 Å². The summed E-state index contributed by atoms with van der Waals surface area (Å²) in [6.07, 6.45) is 6.13. The highest BCUT2D eigenvalue weighted by Crippen LogP contribution is 2.44. The van der Waals surface area contributed by atoms with Crippen molar-refractivity contribution in [1.82, 2.24) is 14.8 Å². The molecular formula is C21H30N4O3. The Hall–Kier alpha value is -2.15. The van der Waals surface area contributed by atoms with Gasteiger partial charge in [0.2, 0.25) is 0 Å². The van der Waals surface area contributed by atoms with Gasteiger partial charge in [-0.3, -0.25) is 4.68 Å². The van der Waals surface area contributed by atoms with Gasteiger partial charge in [0.25, 0.3) is 0 Å². The van der Waals surface area contributed by atoms with Gasteiger partial charge in [-0.15, -0.1) is 0 Å². The number of aryl methyl sites for hydroxylation is 2. The van der Waals surface area contributed by atoms with Crippen LogP contribution in [0.15, 0.2) is 6.20 Å². The van der Waals surface area contributed by atoms with Crippen molar-refractivity contribution in [1.29, 1.82) is 0 Å². The van der Waals surface area contributed by atoms with E-state index < -0.39 is 0 Å². The molecule has 3 heterocycles. The Balaban J connectivity index is 1.90. The van der Waals surface area contributed by atoms with Gasteiger partial charge in [-0.25, -0.2) is 9.78 Å². The number of aromatic nitrogens is 3. The zero-order valence-electron chi connectivity index (χ0n) is 17.5. The molecule has 1 aliphatic heterocycles. The lowest BCUT2D eigenvalue weighted by atomic mass is 9.93. The molecule has 2 aromatic heterocycles. The zero-order valence-corrected chi connectivity index (χ0v) is 17.5. The molecule has 0 radical (unpaired) electrons. The Kier molecular flexibility index (Phi) is 4.61. The molecule has 1 spiro atoms. The van der Waals surface area contributed by atoms with Crippen molar-refractivity contribution in [3.05, 3.63) is 17.5 Å². The van der Waals surface area contributed by atoms with Gasteiger partial charge >= 0.3 is 5.97 Å². The summed E-state index contributed by atoms with van der Waals surface area (Å²) in [7, 11) is 1.89. The summed E-state index contributed by atoms with van der Waals surface area (Å²) in [6.45, 7) is 9.88. The molecule has 7 nitrogen and oxygen atoms in total. The van der Waals surface area contributed by atoms with Gasteiger partial charge in [0.05, 0.1) is 34.6 Å². The highest BCUT2D eigenvalue weighted by atomic mass is 16.5. The van der Waals surface area contributed by atoms with Crippen LogP contribution in [0.1, 0.15) is 62.5 Å². The van der Waals surface area contributed by atoms with Crippen molar-refractivity contribution >= 4 is 22.7 Å². The first-order chi connectivity index (χ1) is 13.3. The van der Waals surface area contributed by atoms with E-state index in [0.29, 0.717) is 18.7 Å². The van der Waals surface area contributed by atoms with Crippen LogP contribution in [0.5, 0.6) is 0 Å². The maximum atomic E-state index is 12.8. The maximum Gasteiger partial charge on any atom is 0.341 e. The van der Waals surface area contributed by atoms with E-state index in [1.807, 2.05) is 20.9 Å². The minimum Gasteiger partial charge on any atom is -0.462 e. The smallest absolute Gasteiger partial charge is 0.341 e. The molecule has 0 unspecified atom stereocenters. The lowest BCUT2D eigenvalue weighted by Crippen LogP contribution is -2.59. The van der Waals surface area contributed by atoms with Crippen LogP contribution < -0.4 is 4.90 Å². The maximum absolute atomic E-state index is 12.8. The first kappa shape index (κ1) is 19.2. The average Bonchev–Trinajstić information content (AvgIpc) is 3.17.